The molecule has 0 radical (unpaired) electrons. The number of ketones is 1. The van der Waals surface area contributed by atoms with E-state index in [4.69, 9.17) is 11.6 Å². The average molecular weight is 270 g/mol. The van der Waals surface area contributed by atoms with Crippen LogP contribution in [0.15, 0.2) is 18.2 Å². The van der Waals surface area contributed by atoms with Gasteiger partial charge >= 0.3 is 0 Å². The molecule has 98 valence electrons. The molecule has 0 saturated carbocycles. The average Bonchev–Trinajstić information content (AvgIpc) is 2.37. The molecule has 0 aliphatic carbocycles. The van der Waals surface area contributed by atoms with Crippen LogP contribution in [0.2, 0.25) is 5.02 Å². The molecule has 2 nitrogen and oxygen atoms in total. The summed E-state index contributed by atoms with van der Waals surface area (Å²) in [6.45, 7) is 4.13. The fourth-order valence-corrected chi connectivity index (χ4v) is 2.57. The van der Waals surface area contributed by atoms with Gasteiger partial charge in [-0.3, -0.25) is 9.69 Å². The van der Waals surface area contributed by atoms with Crippen LogP contribution in [-0.2, 0) is 11.3 Å². The molecule has 0 amide bonds. The summed E-state index contributed by atoms with van der Waals surface area (Å²) in [5.74, 6) is 0.0828. The van der Waals surface area contributed by atoms with Crippen LogP contribution in [0, 0.1) is 11.7 Å². The third-order valence-corrected chi connectivity index (χ3v) is 3.95. The fourth-order valence-electron chi connectivity index (χ4n) is 2.39. The highest BCUT2D eigenvalue weighted by molar-refractivity contribution is 6.31. The molecule has 1 aromatic rings. The minimum absolute atomic E-state index is 0.117. The number of halogens is 2. The summed E-state index contributed by atoms with van der Waals surface area (Å²) in [5, 5.41) is 0.197. The topological polar surface area (TPSA) is 20.3 Å². The maximum absolute atomic E-state index is 13.3. The summed E-state index contributed by atoms with van der Waals surface area (Å²) >= 11 is 5.94. The molecule has 1 atom stereocenters. The van der Waals surface area contributed by atoms with Crippen molar-refractivity contribution in [3.05, 3.63) is 34.6 Å². The molecule has 1 heterocycles. The predicted molar refractivity (Wildman–Crippen MR) is 70.1 cm³/mol. The summed E-state index contributed by atoms with van der Waals surface area (Å²) in [7, 11) is 0. The third-order valence-electron chi connectivity index (χ3n) is 3.53. The maximum atomic E-state index is 13.3. The number of hydrogen-bond donors (Lipinski definition) is 0. The number of carbonyl (C=O) groups excluding carboxylic acids is 1. The maximum Gasteiger partial charge on any atom is 0.142 e. The molecule has 2 rings (SSSR count). The van der Waals surface area contributed by atoms with Crippen LogP contribution in [0.1, 0.15) is 25.3 Å². The van der Waals surface area contributed by atoms with Crippen molar-refractivity contribution in [2.45, 2.75) is 26.3 Å². The van der Waals surface area contributed by atoms with Gasteiger partial charge in [-0.1, -0.05) is 30.7 Å². The van der Waals surface area contributed by atoms with E-state index in [9.17, 15) is 9.18 Å². The fraction of sp³-hybridized carbons (Fsp3) is 0.500. The minimum atomic E-state index is -0.380. The van der Waals surface area contributed by atoms with Crippen molar-refractivity contribution in [3.63, 3.8) is 0 Å². The first kappa shape index (κ1) is 13.5. The highest BCUT2D eigenvalue weighted by atomic mass is 35.5. The highest BCUT2D eigenvalue weighted by Gasteiger charge is 2.26. The second-order valence-corrected chi connectivity index (χ2v) is 5.15. The SMILES string of the molecule is CCC1CN(Cc2cccc(F)c2Cl)CCC1=O. The molecule has 0 N–H and O–H groups in total. The number of likely N-dealkylation sites (tertiary alicyclic amines) is 1. The van der Waals surface area contributed by atoms with Crippen molar-refractivity contribution in [2.24, 2.45) is 5.92 Å². The zero-order valence-electron chi connectivity index (χ0n) is 10.5. The third kappa shape index (κ3) is 2.90. The van der Waals surface area contributed by atoms with E-state index in [1.54, 1.807) is 6.07 Å². The Kier molecular flexibility index (Phi) is 4.36. The number of piperidine rings is 1. The normalized spacial score (nSPS) is 21.3. The van der Waals surface area contributed by atoms with Crippen LogP contribution in [0.25, 0.3) is 0 Å². The van der Waals surface area contributed by atoms with Crippen molar-refractivity contribution in [1.29, 1.82) is 0 Å². The van der Waals surface area contributed by atoms with Gasteiger partial charge in [0.1, 0.15) is 11.6 Å². The summed E-state index contributed by atoms with van der Waals surface area (Å²) in [5.41, 5.74) is 0.792. The van der Waals surface area contributed by atoms with Crippen molar-refractivity contribution in [3.8, 4) is 0 Å². The molecule has 1 aliphatic rings. The summed E-state index contributed by atoms with van der Waals surface area (Å²) in [4.78, 5) is 13.8. The minimum Gasteiger partial charge on any atom is -0.299 e. The van der Waals surface area contributed by atoms with Gasteiger partial charge in [0.05, 0.1) is 5.02 Å². The number of hydrogen-bond acceptors (Lipinski definition) is 2. The van der Waals surface area contributed by atoms with Gasteiger partial charge in [0.15, 0.2) is 0 Å². The van der Waals surface area contributed by atoms with Gasteiger partial charge in [0.25, 0.3) is 0 Å². The lowest BCUT2D eigenvalue weighted by Gasteiger charge is -2.31. The zero-order valence-corrected chi connectivity index (χ0v) is 11.2. The second-order valence-electron chi connectivity index (χ2n) is 4.77. The van der Waals surface area contributed by atoms with Gasteiger partial charge in [0, 0.05) is 32.0 Å². The number of carbonyl (C=O) groups is 1. The molecule has 0 spiro atoms. The molecule has 1 fully saturated rings. The number of rotatable bonds is 3. The van der Waals surface area contributed by atoms with Crippen molar-refractivity contribution < 1.29 is 9.18 Å². The lowest BCUT2D eigenvalue weighted by molar-refractivity contribution is -0.126. The van der Waals surface area contributed by atoms with Crippen molar-refractivity contribution in [1.82, 2.24) is 4.90 Å². The smallest absolute Gasteiger partial charge is 0.142 e. The molecule has 18 heavy (non-hydrogen) atoms. The van der Waals surface area contributed by atoms with E-state index in [2.05, 4.69) is 4.90 Å². The summed E-state index contributed by atoms with van der Waals surface area (Å²) in [6, 6.07) is 4.87. The van der Waals surface area contributed by atoms with E-state index in [0.29, 0.717) is 18.7 Å². The van der Waals surface area contributed by atoms with Gasteiger partial charge in [-0.2, -0.15) is 0 Å². The van der Waals surface area contributed by atoms with Crippen molar-refractivity contribution >= 4 is 17.4 Å². The van der Waals surface area contributed by atoms with Gasteiger partial charge in [-0.25, -0.2) is 4.39 Å². The van der Waals surface area contributed by atoms with Gasteiger partial charge in [-0.15, -0.1) is 0 Å². The summed E-state index contributed by atoms with van der Waals surface area (Å²) in [6.07, 6.45) is 1.46. The van der Waals surface area contributed by atoms with E-state index in [1.165, 1.54) is 6.07 Å². The Morgan fingerprint density at radius 3 is 3.00 bits per heavy atom. The number of benzene rings is 1. The highest BCUT2D eigenvalue weighted by Crippen LogP contribution is 2.23. The Labute approximate surface area is 112 Å². The first-order chi connectivity index (χ1) is 8.61. The van der Waals surface area contributed by atoms with E-state index < -0.39 is 0 Å². The Balaban J connectivity index is 2.06. The lowest BCUT2D eigenvalue weighted by atomic mass is 9.94. The van der Waals surface area contributed by atoms with Crippen LogP contribution >= 0.6 is 11.6 Å². The second kappa shape index (κ2) is 5.81. The zero-order chi connectivity index (χ0) is 13.1. The van der Waals surface area contributed by atoms with Crippen LogP contribution < -0.4 is 0 Å². The Bertz CT molecular complexity index is 449. The Hall–Kier alpha value is -0.930. The molecular weight excluding hydrogens is 253 g/mol. The van der Waals surface area contributed by atoms with E-state index >= 15 is 0 Å². The Morgan fingerprint density at radius 1 is 1.50 bits per heavy atom. The molecular formula is C14H17ClFNO. The molecule has 4 heteroatoms. The standard InChI is InChI=1S/C14H17ClFNO/c1-2-10-8-17(7-6-13(10)18)9-11-4-3-5-12(16)14(11)15/h3-5,10H,2,6-9H2,1H3. The van der Waals surface area contributed by atoms with Gasteiger partial charge < -0.3 is 0 Å². The van der Waals surface area contributed by atoms with Crippen LogP contribution in [0.4, 0.5) is 4.39 Å². The first-order valence-corrected chi connectivity index (χ1v) is 6.67. The van der Waals surface area contributed by atoms with E-state index in [1.807, 2.05) is 13.0 Å². The molecule has 1 unspecified atom stereocenters. The van der Waals surface area contributed by atoms with Gasteiger partial charge in [0.2, 0.25) is 0 Å². The molecule has 0 aromatic heterocycles. The van der Waals surface area contributed by atoms with E-state index in [0.717, 1.165) is 25.1 Å². The molecule has 1 aliphatic heterocycles. The van der Waals surface area contributed by atoms with Crippen LogP contribution in [0.3, 0.4) is 0 Å². The summed E-state index contributed by atoms with van der Waals surface area (Å²) < 4.78 is 13.3. The van der Waals surface area contributed by atoms with E-state index in [-0.39, 0.29) is 16.8 Å². The monoisotopic (exact) mass is 269 g/mol. The molecule has 1 aromatic carbocycles. The predicted octanol–water partition coefficient (Wildman–Crippen LogP) is 3.28. The quantitative estimate of drug-likeness (QED) is 0.839. The van der Waals surface area contributed by atoms with Gasteiger partial charge in [-0.05, 0) is 18.1 Å². The molecule has 0 bridgehead atoms. The number of nitrogens with zero attached hydrogens (tertiary/aromatic N) is 1. The Morgan fingerprint density at radius 2 is 2.28 bits per heavy atom. The largest absolute Gasteiger partial charge is 0.299 e. The molecule has 1 saturated heterocycles. The van der Waals surface area contributed by atoms with Crippen LogP contribution in [0.5, 0.6) is 0 Å². The lowest BCUT2D eigenvalue weighted by Crippen LogP contribution is -2.40. The van der Waals surface area contributed by atoms with Crippen molar-refractivity contribution in [2.75, 3.05) is 13.1 Å². The van der Waals surface area contributed by atoms with Crippen LogP contribution in [-0.4, -0.2) is 23.8 Å². The number of Topliss-reactive ketones (excluding diaryl/α,β-unsaturated/α-hetero) is 1. The first-order valence-electron chi connectivity index (χ1n) is 6.29.